The fourth-order valence-corrected chi connectivity index (χ4v) is 10.7. The molecule has 0 amide bonds. The Kier molecular flexibility index (Phi) is 8.99. The number of benzene rings is 8. The van der Waals surface area contributed by atoms with Crippen molar-refractivity contribution in [2.45, 2.75) is 59.3 Å². The molecule has 2 heterocycles. The Labute approximate surface area is 356 Å². The summed E-state index contributed by atoms with van der Waals surface area (Å²) in [6.07, 6.45) is 0. The molecule has 0 spiro atoms. The molecule has 8 aromatic rings. The van der Waals surface area contributed by atoms with E-state index in [9.17, 15) is 0 Å². The molecule has 2 aliphatic heterocycles. The van der Waals surface area contributed by atoms with Gasteiger partial charge in [0.05, 0.1) is 5.69 Å². The third-order valence-electron chi connectivity index (χ3n) is 13.7. The molecular weight excluding hydrogens is 723 g/mol. The van der Waals surface area contributed by atoms with Gasteiger partial charge in [-0.2, -0.15) is 0 Å². The van der Waals surface area contributed by atoms with Crippen LogP contribution in [0, 0.1) is 20.8 Å². The Balaban J connectivity index is 1.17. The largest absolute Gasteiger partial charge is 0.311 e. The third-order valence-corrected chi connectivity index (χ3v) is 13.7. The quantitative estimate of drug-likeness (QED) is 0.149. The van der Waals surface area contributed by atoms with E-state index in [2.05, 4.69) is 240 Å². The zero-order chi connectivity index (χ0) is 41.3. The van der Waals surface area contributed by atoms with Crippen LogP contribution < -0.4 is 26.2 Å². The maximum Gasteiger partial charge on any atom is 0.247 e. The van der Waals surface area contributed by atoms with Gasteiger partial charge in [-0.1, -0.05) is 178 Å². The summed E-state index contributed by atoms with van der Waals surface area (Å²) in [6, 6.07) is 67.4. The molecule has 0 radical (unpaired) electrons. The summed E-state index contributed by atoms with van der Waals surface area (Å²) in [6.45, 7) is 16.6. The van der Waals surface area contributed by atoms with Gasteiger partial charge in [0.2, 0.25) is 6.71 Å². The van der Waals surface area contributed by atoms with Gasteiger partial charge in [-0.05, 0) is 119 Å². The first-order chi connectivity index (χ1) is 29.1. The molecule has 8 aromatic carbocycles. The number of fused-ring (bicyclic) bond motifs is 4. The first kappa shape index (κ1) is 37.7. The van der Waals surface area contributed by atoms with Gasteiger partial charge in [-0.3, -0.25) is 0 Å². The number of aryl methyl sites for hydroxylation is 2. The lowest BCUT2D eigenvalue weighted by Gasteiger charge is -2.47. The Bertz CT molecular complexity index is 2870. The maximum absolute atomic E-state index is 2.60. The molecule has 0 saturated heterocycles. The predicted octanol–water partition coefficient (Wildman–Crippen LogP) is 13.0. The average molecular weight is 775 g/mol. The van der Waals surface area contributed by atoms with Crippen LogP contribution in [0.25, 0.3) is 11.1 Å². The second-order valence-corrected chi connectivity index (χ2v) is 17.9. The van der Waals surface area contributed by atoms with Crippen molar-refractivity contribution in [1.82, 2.24) is 0 Å². The predicted molar refractivity (Wildman–Crippen MR) is 257 cm³/mol. The van der Waals surface area contributed by atoms with Crippen molar-refractivity contribution in [2.24, 2.45) is 0 Å². The van der Waals surface area contributed by atoms with E-state index in [4.69, 9.17) is 0 Å². The zero-order valence-electron chi connectivity index (χ0n) is 35.8. The lowest BCUT2D eigenvalue weighted by atomic mass is 9.33. The molecule has 2 nitrogen and oxygen atoms in total. The molecule has 0 aliphatic carbocycles. The first-order valence-electron chi connectivity index (χ1n) is 21.4. The second-order valence-electron chi connectivity index (χ2n) is 17.9. The van der Waals surface area contributed by atoms with Gasteiger partial charge in [0.15, 0.2) is 0 Å². The fraction of sp³-hybridized carbons (Fsp3) is 0.158. The molecule has 0 fully saturated rings. The summed E-state index contributed by atoms with van der Waals surface area (Å²) >= 11 is 0. The van der Waals surface area contributed by atoms with Gasteiger partial charge in [0.25, 0.3) is 0 Å². The van der Waals surface area contributed by atoms with E-state index in [0.29, 0.717) is 0 Å². The number of hydrogen-bond donors (Lipinski definition) is 0. The summed E-state index contributed by atoms with van der Waals surface area (Å²) < 4.78 is 0. The Morgan fingerprint density at radius 1 is 0.483 bits per heavy atom. The van der Waals surface area contributed by atoms with E-state index >= 15 is 0 Å². The molecule has 2 aliphatic rings. The van der Waals surface area contributed by atoms with Gasteiger partial charge in [-0.15, -0.1) is 0 Å². The summed E-state index contributed by atoms with van der Waals surface area (Å²) in [4.78, 5) is 4.93. The van der Waals surface area contributed by atoms with Gasteiger partial charge in [0.1, 0.15) is 0 Å². The molecule has 0 aromatic heterocycles. The van der Waals surface area contributed by atoms with Crippen LogP contribution in [0.3, 0.4) is 0 Å². The van der Waals surface area contributed by atoms with E-state index in [0.717, 1.165) is 17.1 Å². The third kappa shape index (κ3) is 5.86. The highest BCUT2D eigenvalue weighted by Gasteiger charge is 2.45. The van der Waals surface area contributed by atoms with E-state index < -0.39 is 0 Å². The monoisotopic (exact) mass is 774 g/mol. The van der Waals surface area contributed by atoms with Crippen molar-refractivity contribution in [3.05, 3.63) is 221 Å². The molecule has 3 heteroatoms. The van der Waals surface area contributed by atoms with Gasteiger partial charge in [0, 0.05) is 39.3 Å². The van der Waals surface area contributed by atoms with E-state index in [-0.39, 0.29) is 17.5 Å². The molecule has 0 bridgehead atoms. The standard InChI is InChI=1S/C57H51BN2/c1-38-20-14-15-25-46(38)56(4,5)47-27-18-29-50(40(47)3)58-51-30-19-28-49-55(51)60(52-31-17-16-26-48(52)57(49,6)7)53-37-42(36-39(2)54(53)58)41-32-34-45(35-33-41)59(43-21-10-8-11-22-43)44-23-12-9-13-24-44/h8-37H,1-7H3. The SMILES string of the molecule is Cc1ccccc1C(C)(C)c1cccc(B2c3cccc4c3N(c3ccccc3C4(C)C)c3cc(-c4ccc(N(c5ccccc5)c5ccccc5)cc4)cc(C)c32)c1C. The molecule has 0 saturated carbocycles. The van der Waals surface area contributed by atoms with Crippen molar-refractivity contribution in [3.63, 3.8) is 0 Å². The highest BCUT2D eigenvalue weighted by atomic mass is 15.2. The van der Waals surface area contributed by atoms with Crippen LogP contribution in [0.2, 0.25) is 0 Å². The minimum absolute atomic E-state index is 0.0570. The van der Waals surface area contributed by atoms with Crippen LogP contribution >= 0.6 is 0 Å². The number of para-hydroxylation sites is 4. The molecule has 292 valence electrons. The molecule has 0 atom stereocenters. The lowest BCUT2D eigenvalue weighted by Crippen LogP contribution is -2.60. The first-order valence-corrected chi connectivity index (χ1v) is 21.4. The summed E-state index contributed by atoms with van der Waals surface area (Å²) in [5, 5.41) is 0. The fourth-order valence-electron chi connectivity index (χ4n) is 10.7. The highest BCUT2D eigenvalue weighted by molar-refractivity contribution is 6.98. The molecule has 0 unspecified atom stereocenters. The van der Waals surface area contributed by atoms with Crippen LogP contribution in [0.5, 0.6) is 0 Å². The van der Waals surface area contributed by atoms with Crippen LogP contribution in [-0.4, -0.2) is 6.71 Å². The summed E-state index contributed by atoms with van der Waals surface area (Å²) in [5.41, 5.74) is 22.9. The van der Waals surface area contributed by atoms with Crippen molar-refractivity contribution >= 4 is 57.2 Å². The van der Waals surface area contributed by atoms with Crippen molar-refractivity contribution in [2.75, 3.05) is 9.80 Å². The van der Waals surface area contributed by atoms with Crippen LogP contribution in [0.15, 0.2) is 182 Å². The van der Waals surface area contributed by atoms with Crippen LogP contribution in [0.4, 0.5) is 34.1 Å². The van der Waals surface area contributed by atoms with E-state index in [1.807, 2.05) is 0 Å². The van der Waals surface area contributed by atoms with Crippen molar-refractivity contribution < 1.29 is 0 Å². The Morgan fingerprint density at radius 3 is 1.75 bits per heavy atom. The van der Waals surface area contributed by atoms with E-state index in [1.165, 1.54) is 83.5 Å². The van der Waals surface area contributed by atoms with Crippen LogP contribution in [-0.2, 0) is 10.8 Å². The molecule has 10 rings (SSSR count). The van der Waals surface area contributed by atoms with Crippen molar-refractivity contribution in [3.8, 4) is 11.1 Å². The minimum atomic E-state index is -0.173. The summed E-state index contributed by atoms with van der Waals surface area (Å²) in [5.74, 6) is 0. The average Bonchev–Trinajstić information content (AvgIpc) is 3.26. The smallest absolute Gasteiger partial charge is 0.247 e. The number of rotatable bonds is 7. The van der Waals surface area contributed by atoms with Gasteiger partial charge >= 0.3 is 0 Å². The molecular formula is C57H51BN2. The zero-order valence-corrected chi connectivity index (χ0v) is 35.8. The van der Waals surface area contributed by atoms with Gasteiger partial charge < -0.3 is 9.80 Å². The second kappa shape index (κ2) is 14.3. The topological polar surface area (TPSA) is 6.48 Å². The van der Waals surface area contributed by atoms with E-state index in [1.54, 1.807) is 0 Å². The molecule has 60 heavy (non-hydrogen) atoms. The summed E-state index contributed by atoms with van der Waals surface area (Å²) in [7, 11) is 0. The maximum atomic E-state index is 2.60. The highest BCUT2D eigenvalue weighted by Crippen LogP contribution is 2.53. The Morgan fingerprint density at radius 2 is 1.05 bits per heavy atom. The lowest BCUT2D eigenvalue weighted by molar-refractivity contribution is 0.632. The normalized spacial score (nSPS) is 13.7. The van der Waals surface area contributed by atoms with Crippen molar-refractivity contribution in [1.29, 1.82) is 0 Å². The van der Waals surface area contributed by atoms with Crippen LogP contribution in [0.1, 0.15) is 66.6 Å². The molecule has 0 N–H and O–H groups in total. The minimum Gasteiger partial charge on any atom is -0.311 e. The number of anilines is 6. The Hall–Kier alpha value is -6.58. The van der Waals surface area contributed by atoms with Gasteiger partial charge in [-0.25, -0.2) is 0 Å². The number of nitrogens with zero attached hydrogens (tertiary/aromatic N) is 2. The number of hydrogen-bond acceptors (Lipinski definition) is 2.